The van der Waals surface area contributed by atoms with Crippen LogP contribution in [0.5, 0.6) is 0 Å². The number of fused-ring (bicyclic) bond motifs is 6. The zero-order chi connectivity index (χ0) is 26.5. The maximum atomic E-state index is 3.56. The van der Waals surface area contributed by atoms with Crippen molar-refractivity contribution >= 4 is 91.5 Å². The summed E-state index contributed by atoms with van der Waals surface area (Å²) < 4.78 is 5.22. The van der Waals surface area contributed by atoms with Crippen LogP contribution in [0.15, 0.2) is 140 Å². The summed E-state index contributed by atoms with van der Waals surface area (Å²) in [6, 6.07) is 50.1. The molecule has 0 bridgehead atoms. The van der Waals surface area contributed by atoms with Crippen molar-refractivity contribution in [1.29, 1.82) is 0 Å². The molecule has 4 heteroatoms. The van der Waals surface area contributed by atoms with Crippen LogP contribution in [0.2, 0.25) is 0 Å². The van der Waals surface area contributed by atoms with Crippen molar-refractivity contribution < 1.29 is 0 Å². The van der Waals surface area contributed by atoms with E-state index in [1.165, 1.54) is 40.3 Å². The number of hydrogen-bond donors (Lipinski definition) is 1. The maximum Gasteiger partial charge on any atom is 0.0476 e. The molecule has 0 saturated heterocycles. The van der Waals surface area contributed by atoms with Crippen molar-refractivity contribution in [3.05, 3.63) is 140 Å². The summed E-state index contributed by atoms with van der Waals surface area (Å²) in [5.41, 5.74) is 5.65. The highest BCUT2D eigenvalue weighted by Gasteiger charge is 2.16. The minimum absolute atomic E-state index is 1.09. The number of hydrogen-bond acceptors (Lipinski definition) is 4. The Labute approximate surface area is 240 Å². The SMILES string of the molecule is c1ccc(Nc2ccc3sc4ccc(N(c5ccccc5)c5ccc6c(c5)sc5ccccc56)cc4c3c2)cc1. The lowest BCUT2D eigenvalue weighted by Crippen LogP contribution is -2.09. The monoisotopic (exact) mass is 548 g/mol. The molecule has 0 aliphatic rings. The summed E-state index contributed by atoms with van der Waals surface area (Å²) in [7, 11) is 0. The lowest BCUT2D eigenvalue weighted by atomic mass is 10.1. The molecule has 0 fully saturated rings. The van der Waals surface area contributed by atoms with E-state index in [1.807, 2.05) is 28.7 Å². The molecule has 0 saturated carbocycles. The van der Waals surface area contributed by atoms with E-state index < -0.39 is 0 Å². The Morgan fingerprint density at radius 1 is 0.375 bits per heavy atom. The highest BCUT2D eigenvalue weighted by molar-refractivity contribution is 7.26. The van der Waals surface area contributed by atoms with E-state index in [0.717, 1.165) is 28.4 Å². The summed E-state index contributed by atoms with van der Waals surface area (Å²) in [5, 5.41) is 8.75. The molecular formula is C36H24N2S2. The first-order valence-corrected chi connectivity index (χ1v) is 15.0. The molecule has 8 rings (SSSR count). The molecule has 1 N–H and O–H groups in total. The highest BCUT2D eigenvalue weighted by atomic mass is 32.1. The van der Waals surface area contributed by atoms with Gasteiger partial charge in [-0.2, -0.15) is 0 Å². The standard InChI is InChI=1S/C36H24N2S2/c1-3-9-24(10-4-1)37-25-15-19-34-31(21-25)32-22-27(17-20-35(32)39-34)38(26-11-5-2-6-12-26)28-16-18-30-29-13-7-8-14-33(29)40-36(30)23-28/h1-23,37H. The Morgan fingerprint density at radius 3 is 1.82 bits per heavy atom. The molecule has 2 aromatic heterocycles. The van der Waals surface area contributed by atoms with Crippen LogP contribution in [0.4, 0.5) is 28.4 Å². The van der Waals surface area contributed by atoms with Gasteiger partial charge in [-0.3, -0.25) is 0 Å². The van der Waals surface area contributed by atoms with E-state index >= 15 is 0 Å². The second-order valence-electron chi connectivity index (χ2n) is 9.93. The topological polar surface area (TPSA) is 15.3 Å². The van der Waals surface area contributed by atoms with Crippen LogP contribution in [0.3, 0.4) is 0 Å². The first-order valence-electron chi connectivity index (χ1n) is 13.4. The van der Waals surface area contributed by atoms with Crippen molar-refractivity contribution in [2.75, 3.05) is 10.2 Å². The van der Waals surface area contributed by atoms with Gasteiger partial charge in [-0.25, -0.2) is 0 Å². The minimum atomic E-state index is 1.09. The lowest BCUT2D eigenvalue weighted by molar-refractivity contribution is 1.30. The van der Waals surface area contributed by atoms with Gasteiger partial charge in [-0.05, 0) is 78.9 Å². The molecule has 0 amide bonds. The highest BCUT2D eigenvalue weighted by Crippen LogP contribution is 2.43. The third-order valence-corrected chi connectivity index (χ3v) is 9.69. The summed E-state index contributed by atoms with van der Waals surface area (Å²) in [5.74, 6) is 0. The van der Waals surface area contributed by atoms with Crippen molar-refractivity contribution in [3.8, 4) is 0 Å². The van der Waals surface area contributed by atoms with Gasteiger partial charge in [-0.1, -0.05) is 60.7 Å². The van der Waals surface area contributed by atoms with E-state index in [-0.39, 0.29) is 0 Å². The molecule has 0 atom stereocenters. The van der Waals surface area contributed by atoms with Gasteiger partial charge < -0.3 is 10.2 Å². The van der Waals surface area contributed by atoms with Crippen molar-refractivity contribution in [2.24, 2.45) is 0 Å². The second kappa shape index (κ2) is 9.53. The normalized spacial score (nSPS) is 11.5. The summed E-state index contributed by atoms with van der Waals surface area (Å²) >= 11 is 3.71. The molecule has 40 heavy (non-hydrogen) atoms. The Balaban J connectivity index is 1.28. The second-order valence-corrected chi connectivity index (χ2v) is 12.1. The van der Waals surface area contributed by atoms with E-state index in [2.05, 4.69) is 144 Å². The Morgan fingerprint density at radius 2 is 0.975 bits per heavy atom. The molecule has 0 aliphatic carbocycles. The van der Waals surface area contributed by atoms with Crippen LogP contribution >= 0.6 is 22.7 Å². The number of benzene rings is 6. The van der Waals surface area contributed by atoms with Crippen molar-refractivity contribution in [3.63, 3.8) is 0 Å². The zero-order valence-electron chi connectivity index (χ0n) is 21.5. The van der Waals surface area contributed by atoms with Gasteiger partial charge in [0.1, 0.15) is 0 Å². The molecule has 8 aromatic rings. The minimum Gasteiger partial charge on any atom is -0.356 e. The van der Waals surface area contributed by atoms with Crippen LogP contribution in [-0.4, -0.2) is 0 Å². The van der Waals surface area contributed by atoms with E-state index in [0.29, 0.717) is 0 Å². The van der Waals surface area contributed by atoms with Crippen LogP contribution in [0, 0.1) is 0 Å². The number of nitrogens with one attached hydrogen (secondary N) is 1. The van der Waals surface area contributed by atoms with Gasteiger partial charge in [0.05, 0.1) is 0 Å². The number of para-hydroxylation sites is 2. The molecule has 190 valence electrons. The molecule has 0 spiro atoms. The van der Waals surface area contributed by atoms with Crippen molar-refractivity contribution in [2.45, 2.75) is 0 Å². The maximum absolute atomic E-state index is 3.56. The predicted octanol–water partition coefficient (Wildman–Crippen LogP) is 11.6. The fourth-order valence-corrected chi connectivity index (χ4v) is 7.75. The fraction of sp³-hybridized carbons (Fsp3) is 0. The van der Waals surface area contributed by atoms with Gasteiger partial charge in [0.25, 0.3) is 0 Å². The number of nitrogens with zero attached hydrogens (tertiary/aromatic N) is 1. The third kappa shape index (κ3) is 4.01. The number of rotatable bonds is 5. The van der Waals surface area contributed by atoms with Crippen LogP contribution in [0.25, 0.3) is 40.3 Å². The molecule has 0 unspecified atom stereocenters. The third-order valence-electron chi connectivity index (χ3n) is 7.41. The van der Waals surface area contributed by atoms with Gasteiger partial charge in [0.15, 0.2) is 0 Å². The van der Waals surface area contributed by atoms with E-state index in [9.17, 15) is 0 Å². The number of thiophene rings is 2. The van der Waals surface area contributed by atoms with Crippen molar-refractivity contribution in [1.82, 2.24) is 0 Å². The number of anilines is 5. The molecule has 2 nitrogen and oxygen atoms in total. The van der Waals surface area contributed by atoms with Crippen LogP contribution in [0.1, 0.15) is 0 Å². The average Bonchev–Trinajstić information content (AvgIpc) is 3.56. The summed E-state index contributed by atoms with van der Waals surface area (Å²) in [6.45, 7) is 0. The Bertz CT molecular complexity index is 2140. The first-order chi connectivity index (χ1) is 19.8. The van der Waals surface area contributed by atoms with Crippen LogP contribution in [-0.2, 0) is 0 Å². The molecule has 2 heterocycles. The van der Waals surface area contributed by atoms with Crippen LogP contribution < -0.4 is 10.2 Å². The summed E-state index contributed by atoms with van der Waals surface area (Å²) in [6.07, 6.45) is 0. The summed E-state index contributed by atoms with van der Waals surface area (Å²) in [4.78, 5) is 2.37. The first kappa shape index (κ1) is 23.3. The van der Waals surface area contributed by atoms with Gasteiger partial charge in [0, 0.05) is 68.8 Å². The smallest absolute Gasteiger partial charge is 0.0476 e. The predicted molar refractivity (Wildman–Crippen MR) is 177 cm³/mol. The van der Waals surface area contributed by atoms with E-state index in [4.69, 9.17) is 0 Å². The lowest BCUT2D eigenvalue weighted by Gasteiger charge is -2.25. The zero-order valence-corrected chi connectivity index (χ0v) is 23.2. The average molecular weight is 549 g/mol. The molecule has 6 aromatic carbocycles. The van der Waals surface area contributed by atoms with Gasteiger partial charge in [0.2, 0.25) is 0 Å². The molecular weight excluding hydrogens is 525 g/mol. The largest absolute Gasteiger partial charge is 0.356 e. The van der Waals surface area contributed by atoms with E-state index in [1.54, 1.807) is 0 Å². The quantitative estimate of drug-likeness (QED) is 0.230. The van der Waals surface area contributed by atoms with Gasteiger partial charge >= 0.3 is 0 Å². The fourth-order valence-electron chi connectivity index (χ4n) is 5.55. The van der Waals surface area contributed by atoms with Gasteiger partial charge in [-0.15, -0.1) is 22.7 Å². The molecule has 0 aliphatic heterocycles. The molecule has 0 radical (unpaired) electrons. The Kier molecular flexibility index (Phi) is 5.54. The Hall–Kier alpha value is -4.64.